The zero-order valence-electron chi connectivity index (χ0n) is 14.0. The predicted octanol–water partition coefficient (Wildman–Crippen LogP) is 6.17. The Hall–Kier alpha value is -0.780. The van der Waals surface area contributed by atoms with Crippen LogP contribution in [-0.2, 0) is 6.42 Å². The van der Waals surface area contributed by atoms with E-state index in [9.17, 15) is 0 Å². The maximum Gasteiger partial charge on any atom is -0.0250 e. The van der Waals surface area contributed by atoms with Crippen molar-refractivity contribution in [3.05, 3.63) is 35.4 Å². The van der Waals surface area contributed by atoms with E-state index in [-0.39, 0.29) is 0 Å². The second-order valence-electron chi connectivity index (χ2n) is 7.99. The molecule has 0 saturated heterocycles. The van der Waals surface area contributed by atoms with Crippen LogP contribution < -0.4 is 0 Å². The molecule has 3 rings (SSSR count). The summed E-state index contributed by atoms with van der Waals surface area (Å²) < 4.78 is 0. The average Bonchev–Trinajstić information content (AvgIpc) is 2.51. The summed E-state index contributed by atoms with van der Waals surface area (Å²) in [7, 11) is 0. The summed E-state index contributed by atoms with van der Waals surface area (Å²) in [5, 5.41) is 0. The van der Waals surface area contributed by atoms with Crippen molar-refractivity contribution in [2.24, 2.45) is 23.7 Å². The molecule has 0 N–H and O–H groups in total. The van der Waals surface area contributed by atoms with Gasteiger partial charge in [-0.2, -0.15) is 0 Å². The van der Waals surface area contributed by atoms with Crippen LogP contribution in [0.15, 0.2) is 24.3 Å². The Bertz CT molecular complexity index is 414. The van der Waals surface area contributed by atoms with Crippen LogP contribution in [0.2, 0.25) is 0 Å². The molecule has 0 atom stereocenters. The molecule has 0 unspecified atom stereocenters. The minimum absolute atomic E-state index is 0.950. The Labute approximate surface area is 131 Å². The second kappa shape index (κ2) is 6.99. The molecule has 0 radical (unpaired) electrons. The van der Waals surface area contributed by atoms with Gasteiger partial charge in [-0.25, -0.2) is 0 Å². The lowest BCUT2D eigenvalue weighted by Crippen LogP contribution is -2.25. The summed E-state index contributed by atoms with van der Waals surface area (Å²) in [4.78, 5) is 0. The highest BCUT2D eigenvalue weighted by molar-refractivity contribution is 5.21. The van der Waals surface area contributed by atoms with Gasteiger partial charge in [0.25, 0.3) is 0 Å². The molecule has 0 nitrogen and oxygen atoms in total. The number of hydrogen-bond acceptors (Lipinski definition) is 0. The molecule has 0 amide bonds. The van der Waals surface area contributed by atoms with E-state index in [4.69, 9.17) is 0 Å². The molecule has 1 aromatic rings. The van der Waals surface area contributed by atoms with Crippen molar-refractivity contribution in [2.75, 3.05) is 0 Å². The SMILES string of the molecule is Cc1ccc(CC2CCC(C3CCC(C)CC3)CC2)cc1. The number of aryl methyl sites for hydroxylation is 1. The summed E-state index contributed by atoms with van der Waals surface area (Å²) in [6.45, 7) is 4.62. The molecule has 0 heteroatoms. The smallest absolute Gasteiger partial charge is 0.0250 e. The van der Waals surface area contributed by atoms with E-state index in [0.29, 0.717) is 0 Å². The van der Waals surface area contributed by atoms with Crippen LogP contribution in [0, 0.1) is 30.6 Å². The Morgan fingerprint density at radius 2 is 1.29 bits per heavy atom. The van der Waals surface area contributed by atoms with E-state index in [0.717, 1.165) is 23.7 Å². The molecule has 0 aromatic heterocycles. The lowest BCUT2D eigenvalue weighted by molar-refractivity contribution is 0.150. The molecule has 2 fully saturated rings. The molecule has 2 aliphatic rings. The third kappa shape index (κ3) is 4.11. The third-order valence-electron chi connectivity index (χ3n) is 6.26. The molecule has 0 heterocycles. The maximum atomic E-state index is 2.44. The Morgan fingerprint density at radius 1 is 0.762 bits per heavy atom. The number of hydrogen-bond donors (Lipinski definition) is 0. The maximum absolute atomic E-state index is 2.44. The Balaban J connectivity index is 1.45. The van der Waals surface area contributed by atoms with Gasteiger partial charge in [-0.15, -0.1) is 0 Å². The standard InChI is InChI=1S/C21H32/c1-16-3-7-18(8-4-16)15-19-9-13-21(14-10-19)20-11-5-17(2)6-12-20/h3-4,7-8,17,19-21H,5-6,9-15H2,1-2H3. The van der Waals surface area contributed by atoms with E-state index >= 15 is 0 Å². The van der Waals surface area contributed by atoms with E-state index in [2.05, 4.69) is 38.1 Å². The zero-order valence-corrected chi connectivity index (χ0v) is 14.0. The molecule has 0 aliphatic heterocycles. The Morgan fingerprint density at radius 3 is 1.86 bits per heavy atom. The highest BCUT2D eigenvalue weighted by atomic mass is 14.3. The van der Waals surface area contributed by atoms with E-state index < -0.39 is 0 Å². The van der Waals surface area contributed by atoms with E-state index in [1.165, 1.54) is 63.4 Å². The lowest BCUT2D eigenvalue weighted by atomic mass is 9.69. The minimum Gasteiger partial charge on any atom is -0.0625 e. The molecule has 0 spiro atoms. The van der Waals surface area contributed by atoms with Gasteiger partial charge in [0.2, 0.25) is 0 Å². The molecule has 0 bridgehead atoms. The summed E-state index contributed by atoms with van der Waals surface area (Å²) in [6.07, 6.45) is 13.3. The predicted molar refractivity (Wildman–Crippen MR) is 91.5 cm³/mol. The molecule has 2 saturated carbocycles. The van der Waals surface area contributed by atoms with Gasteiger partial charge in [-0.3, -0.25) is 0 Å². The summed E-state index contributed by atoms with van der Waals surface area (Å²) >= 11 is 0. The van der Waals surface area contributed by atoms with Crippen molar-refractivity contribution >= 4 is 0 Å². The fourth-order valence-corrected chi connectivity index (χ4v) is 4.68. The third-order valence-corrected chi connectivity index (χ3v) is 6.26. The Kier molecular flexibility index (Phi) is 5.03. The molecule has 116 valence electrons. The fraction of sp³-hybridized carbons (Fsp3) is 0.714. The summed E-state index contributed by atoms with van der Waals surface area (Å²) in [5.41, 5.74) is 2.93. The van der Waals surface area contributed by atoms with E-state index in [1.807, 2.05) is 0 Å². The summed E-state index contributed by atoms with van der Waals surface area (Å²) in [5.74, 6) is 4.08. The van der Waals surface area contributed by atoms with Crippen LogP contribution >= 0.6 is 0 Å². The first-order chi connectivity index (χ1) is 10.2. The molecular weight excluding hydrogens is 252 g/mol. The van der Waals surface area contributed by atoms with Crippen molar-refractivity contribution < 1.29 is 0 Å². The highest BCUT2D eigenvalue weighted by Crippen LogP contribution is 2.41. The second-order valence-corrected chi connectivity index (χ2v) is 7.99. The van der Waals surface area contributed by atoms with Crippen molar-refractivity contribution in [1.82, 2.24) is 0 Å². The van der Waals surface area contributed by atoms with Gasteiger partial charge in [0.05, 0.1) is 0 Å². The van der Waals surface area contributed by atoms with E-state index in [1.54, 1.807) is 5.56 Å². The van der Waals surface area contributed by atoms with Gasteiger partial charge in [0, 0.05) is 0 Å². The quantitative estimate of drug-likeness (QED) is 0.622. The average molecular weight is 284 g/mol. The fourth-order valence-electron chi connectivity index (χ4n) is 4.68. The number of benzene rings is 1. The van der Waals surface area contributed by atoms with Crippen molar-refractivity contribution in [1.29, 1.82) is 0 Å². The number of rotatable bonds is 3. The largest absolute Gasteiger partial charge is 0.0625 e. The molecule has 2 aliphatic carbocycles. The van der Waals surface area contributed by atoms with Gasteiger partial charge in [0.1, 0.15) is 0 Å². The van der Waals surface area contributed by atoms with Gasteiger partial charge < -0.3 is 0 Å². The van der Waals surface area contributed by atoms with Crippen LogP contribution in [0.5, 0.6) is 0 Å². The molecule has 21 heavy (non-hydrogen) atoms. The normalized spacial score (nSPS) is 33.8. The summed E-state index contributed by atoms with van der Waals surface area (Å²) in [6, 6.07) is 9.21. The molecular formula is C21H32. The minimum atomic E-state index is 0.950. The molecule has 1 aromatic carbocycles. The monoisotopic (exact) mass is 284 g/mol. The van der Waals surface area contributed by atoms with Crippen molar-refractivity contribution in [2.45, 2.75) is 71.6 Å². The van der Waals surface area contributed by atoms with Crippen LogP contribution in [0.1, 0.15) is 69.4 Å². The van der Waals surface area contributed by atoms with Crippen LogP contribution in [0.4, 0.5) is 0 Å². The first-order valence-electron chi connectivity index (χ1n) is 9.26. The first-order valence-corrected chi connectivity index (χ1v) is 9.26. The zero-order chi connectivity index (χ0) is 14.7. The van der Waals surface area contributed by atoms with Crippen molar-refractivity contribution in [3.8, 4) is 0 Å². The van der Waals surface area contributed by atoms with Gasteiger partial charge in [-0.1, -0.05) is 49.6 Å². The van der Waals surface area contributed by atoms with Crippen molar-refractivity contribution in [3.63, 3.8) is 0 Å². The topological polar surface area (TPSA) is 0 Å². The van der Waals surface area contributed by atoms with Gasteiger partial charge in [-0.05, 0) is 81.1 Å². The highest BCUT2D eigenvalue weighted by Gasteiger charge is 2.29. The van der Waals surface area contributed by atoms with Gasteiger partial charge >= 0.3 is 0 Å². The van der Waals surface area contributed by atoms with Crippen LogP contribution in [-0.4, -0.2) is 0 Å². The van der Waals surface area contributed by atoms with Crippen LogP contribution in [0.3, 0.4) is 0 Å². The first kappa shape index (κ1) is 15.1. The lowest BCUT2D eigenvalue weighted by Gasteiger charge is -2.37. The van der Waals surface area contributed by atoms with Crippen LogP contribution in [0.25, 0.3) is 0 Å². The van der Waals surface area contributed by atoms with Gasteiger partial charge in [0.15, 0.2) is 0 Å².